The van der Waals surface area contributed by atoms with Crippen LogP contribution in [0.2, 0.25) is 0 Å². The Morgan fingerprint density at radius 2 is 1.33 bits per heavy atom. The molecule has 66 valence electrons. The predicted octanol–water partition coefficient (Wildman–Crippen LogP) is 2.79. The quantitative estimate of drug-likeness (QED) is 0.400. The zero-order valence-electron chi connectivity index (χ0n) is 8.70. The van der Waals surface area contributed by atoms with E-state index in [2.05, 4.69) is 54.6 Å². The number of rotatable bonds is 0. The summed E-state index contributed by atoms with van der Waals surface area (Å²) in [6, 6.07) is 19.9. The van der Waals surface area contributed by atoms with Gasteiger partial charge in [-0.25, -0.2) is 0 Å². The van der Waals surface area contributed by atoms with Gasteiger partial charge in [0.15, 0.2) is 0 Å². The molecule has 1 heteroatoms. The standard InChI is InChI=1S/C14H9.K/c1-3-7-13-11(5-1)9-10-12-6-2-4-8-14(12)13;/h1-3,5-10H;. The number of hydrogen-bond donors (Lipinski definition) is 0. The molecule has 0 fully saturated rings. The van der Waals surface area contributed by atoms with Gasteiger partial charge in [0.2, 0.25) is 0 Å². The van der Waals surface area contributed by atoms with Crippen molar-refractivity contribution in [2.45, 2.75) is 0 Å². The van der Waals surface area contributed by atoms with Crippen molar-refractivity contribution >= 4 is 70.2 Å². The average Bonchev–Trinajstić information content (AvgIpc) is 2.29. The third-order valence-corrected chi connectivity index (χ3v) is 3.87. The molecule has 0 heterocycles. The van der Waals surface area contributed by atoms with Crippen LogP contribution in [0, 0.1) is 0 Å². The molecular weight excluding hydrogens is 207 g/mol. The van der Waals surface area contributed by atoms with E-state index in [1.165, 1.54) is 21.2 Å². The van der Waals surface area contributed by atoms with E-state index in [1.807, 2.05) is 0 Å². The average molecular weight is 216 g/mol. The molecule has 0 unspecified atom stereocenters. The molecule has 0 amide bonds. The van der Waals surface area contributed by atoms with Crippen LogP contribution in [-0.2, 0) is 0 Å². The van der Waals surface area contributed by atoms with Crippen molar-refractivity contribution in [3.63, 3.8) is 0 Å². The van der Waals surface area contributed by atoms with Gasteiger partial charge in [-0.2, -0.15) is 0 Å². The maximum absolute atomic E-state index is 2.34. The second-order valence-corrected chi connectivity index (χ2v) is 5.81. The third kappa shape index (κ3) is 1.79. The monoisotopic (exact) mass is 216 g/mol. The van der Waals surface area contributed by atoms with Crippen molar-refractivity contribution in [1.29, 1.82) is 0 Å². The molecule has 0 saturated carbocycles. The molecule has 0 aromatic heterocycles. The second kappa shape index (κ2) is 4.00. The van der Waals surface area contributed by atoms with Crippen LogP contribution < -0.4 is -0.342 Å². The zero-order valence-corrected chi connectivity index (χ0v) is 11.8. The summed E-state index contributed by atoms with van der Waals surface area (Å²) >= 11 is 0.762. The van der Waals surface area contributed by atoms with Crippen LogP contribution in [0.25, 0.3) is 21.5 Å². The van der Waals surface area contributed by atoms with Crippen molar-refractivity contribution in [2.75, 3.05) is 0 Å². The summed E-state index contributed by atoms with van der Waals surface area (Å²) in [5.41, 5.74) is 0. The van der Waals surface area contributed by atoms with Crippen molar-refractivity contribution in [3.05, 3.63) is 54.6 Å². The molecule has 0 N–H and O–H groups in total. The normalized spacial score (nSPS) is 11.1. The summed E-state index contributed by atoms with van der Waals surface area (Å²) in [4.78, 5) is 0. The molecule has 15 heavy (non-hydrogen) atoms. The third-order valence-electron chi connectivity index (χ3n) is 2.90. The molecule has 0 aliphatic heterocycles. The van der Waals surface area contributed by atoms with Gasteiger partial charge in [0, 0.05) is 0 Å². The first-order chi connectivity index (χ1) is 7.34. The summed E-state index contributed by atoms with van der Waals surface area (Å²) < 4.78 is 1.51. The molecule has 3 aromatic rings. The fraction of sp³-hybridized carbons (Fsp3) is 0. The van der Waals surface area contributed by atoms with Crippen LogP contribution in [0.4, 0.5) is 0 Å². The summed E-state index contributed by atoms with van der Waals surface area (Å²) in [5.74, 6) is 0. The summed E-state index contributed by atoms with van der Waals surface area (Å²) in [6.07, 6.45) is 0. The molecule has 0 spiro atoms. The second-order valence-electron chi connectivity index (χ2n) is 4.01. The molecule has 0 nitrogen and oxygen atoms in total. The summed E-state index contributed by atoms with van der Waals surface area (Å²) in [7, 11) is 0. The van der Waals surface area contributed by atoms with Crippen LogP contribution in [0.3, 0.4) is 0 Å². The Morgan fingerprint density at radius 1 is 0.667 bits per heavy atom. The topological polar surface area (TPSA) is 0 Å². The first kappa shape index (κ1) is 10.0. The van der Waals surface area contributed by atoms with E-state index >= 15 is 0 Å². The number of hydrogen-bond acceptors (Lipinski definition) is 0. The van der Waals surface area contributed by atoms with Gasteiger partial charge < -0.3 is 0 Å². The van der Waals surface area contributed by atoms with Gasteiger partial charge in [-0.1, -0.05) is 0 Å². The Balaban J connectivity index is 2.57. The first-order valence-electron chi connectivity index (χ1n) is 5.23. The van der Waals surface area contributed by atoms with Crippen molar-refractivity contribution < 1.29 is 0 Å². The number of benzene rings is 3. The first-order valence-corrected chi connectivity index (χ1v) is 6.79. The van der Waals surface area contributed by atoms with Gasteiger partial charge in [-0.3, -0.25) is 0 Å². The van der Waals surface area contributed by atoms with Gasteiger partial charge >= 0.3 is 125 Å². The van der Waals surface area contributed by atoms with E-state index in [4.69, 9.17) is 0 Å². The van der Waals surface area contributed by atoms with Crippen molar-refractivity contribution in [2.24, 2.45) is 0 Å². The Morgan fingerprint density at radius 3 is 2.20 bits per heavy atom. The van der Waals surface area contributed by atoms with Crippen LogP contribution in [0.5, 0.6) is 0 Å². The molecule has 0 bridgehead atoms. The molecule has 0 aliphatic rings. The van der Waals surface area contributed by atoms with Crippen molar-refractivity contribution in [1.82, 2.24) is 0 Å². The fourth-order valence-electron chi connectivity index (χ4n) is 2.12. The minimum absolute atomic E-state index is 0.762. The van der Waals surface area contributed by atoms with Crippen LogP contribution in [-0.4, -0.2) is 49.0 Å². The van der Waals surface area contributed by atoms with E-state index in [9.17, 15) is 0 Å². The minimum atomic E-state index is 0.762. The van der Waals surface area contributed by atoms with E-state index in [0.717, 1.165) is 49.0 Å². The Bertz CT molecular complexity index is 641. The van der Waals surface area contributed by atoms with Gasteiger partial charge in [0.1, 0.15) is 0 Å². The Labute approximate surface area is 123 Å². The van der Waals surface area contributed by atoms with E-state index < -0.39 is 0 Å². The molecular formula is C14H9K. The van der Waals surface area contributed by atoms with E-state index in [1.54, 1.807) is 0 Å². The summed E-state index contributed by atoms with van der Waals surface area (Å²) in [6.45, 7) is 0. The van der Waals surface area contributed by atoms with Gasteiger partial charge in [0.05, 0.1) is 0 Å². The van der Waals surface area contributed by atoms with Crippen LogP contribution >= 0.6 is 0 Å². The van der Waals surface area contributed by atoms with E-state index in [0.29, 0.717) is 0 Å². The van der Waals surface area contributed by atoms with Crippen LogP contribution in [0.15, 0.2) is 54.6 Å². The Hall–Kier alpha value is -0.184. The molecule has 3 rings (SSSR count). The SMILES string of the molecule is [K][c]1ccc2ccc3ccccc3c2c1. The predicted molar refractivity (Wildman–Crippen MR) is 66.8 cm³/mol. The molecule has 3 aromatic carbocycles. The fourth-order valence-corrected chi connectivity index (χ4v) is 2.83. The molecule has 0 aliphatic carbocycles. The zero-order chi connectivity index (χ0) is 10.3. The van der Waals surface area contributed by atoms with E-state index in [-0.39, 0.29) is 0 Å². The molecule has 0 saturated heterocycles. The number of fused-ring (bicyclic) bond motifs is 3. The van der Waals surface area contributed by atoms with Gasteiger partial charge in [0.25, 0.3) is 0 Å². The van der Waals surface area contributed by atoms with Gasteiger partial charge in [-0.05, 0) is 0 Å². The van der Waals surface area contributed by atoms with Crippen molar-refractivity contribution in [3.8, 4) is 0 Å². The summed E-state index contributed by atoms with van der Waals surface area (Å²) in [5, 5.41) is 5.46. The Kier molecular flexibility index (Phi) is 2.67. The van der Waals surface area contributed by atoms with Gasteiger partial charge in [-0.15, -0.1) is 0 Å². The molecule has 0 radical (unpaired) electrons. The maximum atomic E-state index is 2.34. The van der Waals surface area contributed by atoms with Crippen LogP contribution in [0.1, 0.15) is 0 Å². The molecule has 0 atom stereocenters.